The van der Waals surface area contributed by atoms with Crippen LogP contribution in [0.4, 0.5) is 4.39 Å². The van der Waals surface area contributed by atoms with E-state index in [0.29, 0.717) is 0 Å². The second-order valence-electron chi connectivity index (χ2n) is 2.51. The van der Waals surface area contributed by atoms with Crippen molar-refractivity contribution in [2.24, 2.45) is 0 Å². The molecule has 0 saturated carbocycles. The summed E-state index contributed by atoms with van der Waals surface area (Å²) in [5, 5.41) is 0. The predicted molar refractivity (Wildman–Crippen MR) is 46.2 cm³/mol. The van der Waals surface area contributed by atoms with Crippen molar-refractivity contribution in [2.75, 3.05) is 0 Å². The van der Waals surface area contributed by atoms with Gasteiger partial charge in [-0.1, -0.05) is 30.3 Å². The summed E-state index contributed by atoms with van der Waals surface area (Å²) in [6.07, 6.45) is 1.52. The molecule has 0 atom stereocenters. The fourth-order valence-electron chi connectivity index (χ4n) is 0.856. The number of halogens is 1. The van der Waals surface area contributed by atoms with Crippen molar-refractivity contribution in [3.05, 3.63) is 41.5 Å². The second-order valence-corrected chi connectivity index (χ2v) is 2.51. The van der Waals surface area contributed by atoms with E-state index in [2.05, 4.69) is 0 Å². The molecule has 1 nitrogen and oxygen atoms in total. The smallest absolute Gasteiger partial charge is 0.256 e. The van der Waals surface area contributed by atoms with Crippen LogP contribution in [-0.4, -0.2) is 6.04 Å². The molecule has 0 radical (unpaired) electrons. The molecule has 0 unspecified atom stereocenters. The third-order valence-electron chi connectivity index (χ3n) is 1.49. The molecule has 0 heterocycles. The summed E-state index contributed by atoms with van der Waals surface area (Å²) in [4.78, 5) is 10.2. The summed E-state index contributed by atoms with van der Waals surface area (Å²) < 4.78 is 12.1. The zero-order valence-corrected chi connectivity index (χ0v) is 6.75. The third kappa shape index (κ3) is 2.31. The summed E-state index contributed by atoms with van der Waals surface area (Å²) >= 11 is 0. The molecule has 62 valence electrons. The first-order chi connectivity index (χ1) is 5.70. The number of carbonyl (C=O) groups excluding carboxylic acids is 1. The van der Waals surface area contributed by atoms with Crippen molar-refractivity contribution in [2.45, 2.75) is 6.92 Å². The van der Waals surface area contributed by atoms with Crippen LogP contribution in [0.2, 0.25) is 0 Å². The van der Waals surface area contributed by atoms with Gasteiger partial charge in [0.15, 0.2) is 0 Å². The van der Waals surface area contributed by atoms with Gasteiger partial charge in [-0.05, 0) is 18.6 Å². The molecular weight excluding hydrogens is 155 g/mol. The number of benzene rings is 1. The summed E-state index contributed by atoms with van der Waals surface area (Å²) in [6, 6.07) is 7.78. The van der Waals surface area contributed by atoms with Crippen LogP contribution < -0.4 is 0 Å². The van der Waals surface area contributed by atoms with Gasteiger partial charge in [0, 0.05) is 5.57 Å². The summed E-state index contributed by atoms with van der Waals surface area (Å²) in [5.74, 6) is 0. The third-order valence-corrected chi connectivity index (χ3v) is 1.49. The molecule has 1 aromatic rings. The summed E-state index contributed by atoms with van der Waals surface area (Å²) in [7, 11) is 0. The summed E-state index contributed by atoms with van der Waals surface area (Å²) in [6.45, 7) is 1.45. The lowest BCUT2D eigenvalue weighted by molar-refractivity contribution is -0.125. The van der Waals surface area contributed by atoms with Crippen LogP contribution >= 0.6 is 0 Å². The van der Waals surface area contributed by atoms with E-state index >= 15 is 0 Å². The Hall–Kier alpha value is -1.44. The molecule has 1 rings (SSSR count). The quantitative estimate of drug-likeness (QED) is 0.485. The van der Waals surface area contributed by atoms with Crippen LogP contribution in [0.5, 0.6) is 0 Å². The van der Waals surface area contributed by atoms with Crippen molar-refractivity contribution in [3.8, 4) is 0 Å². The van der Waals surface area contributed by atoms with Gasteiger partial charge < -0.3 is 0 Å². The van der Waals surface area contributed by atoms with Crippen LogP contribution in [-0.2, 0) is 4.79 Å². The normalized spacial score (nSPS) is 11.3. The van der Waals surface area contributed by atoms with Crippen LogP contribution in [0.25, 0.3) is 6.08 Å². The molecular formula is C10H9FO. The summed E-state index contributed by atoms with van der Waals surface area (Å²) in [5.41, 5.74) is 0.960. The minimum Gasteiger partial charge on any atom is -0.256 e. The van der Waals surface area contributed by atoms with Crippen LogP contribution in [0.3, 0.4) is 0 Å². The molecule has 0 aliphatic heterocycles. The van der Waals surface area contributed by atoms with Crippen LogP contribution in [0, 0.1) is 0 Å². The highest BCUT2D eigenvalue weighted by Gasteiger charge is 1.99. The molecule has 1 aromatic carbocycles. The topological polar surface area (TPSA) is 17.1 Å². The van der Waals surface area contributed by atoms with Crippen LogP contribution in [0.15, 0.2) is 35.9 Å². The average molecular weight is 164 g/mol. The van der Waals surface area contributed by atoms with Crippen molar-refractivity contribution in [1.82, 2.24) is 0 Å². The number of rotatable bonds is 2. The van der Waals surface area contributed by atoms with E-state index < -0.39 is 6.04 Å². The molecule has 0 N–H and O–H groups in total. The highest BCUT2D eigenvalue weighted by atomic mass is 19.1. The Labute approximate surface area is 70.5 Å². The Kier molecular flexibility index (Phi) is 2.75. The zero-order chi connectivity index (χ0) is 8.97. The molecule has 0 aliphatic carbocycles. The number of carbonyl (C=O) groups is 1. The molecule has 0 aromatic heterocycles. The Morgan fingerprint density at radius 2 is 1.92 bits per heavy atom. The van der Waals surface area contributed by atoms with Gasteiger partial charge in [-0.3, -0.25) is 4.79 Å². The van der Waals surface area contributed by atoms with Gasteiger partial charge in [0.25, 0.3) is 0 Å². The number of hydrogen-bond acceptors (Lipinski definition) is 1. The van der Waals surface area contributed by atoms with Gasteiger partial charge in [-0.2, -0.15) is 4.39 Å². The minimum atomic E-state index is -1.38. The highest BCUT2D eigenvalue weighted by Crippen LogP contribution is 2.06. The average Bonchev–Trinajstić information content (AvgIpc) is 2.06. The van der Waals surface area contributed by atoms with Gasteiger partial charge in [-0.25, -0.2) is 0 Å². The Balaban J connectivity index is 2.89. The zero-order valence-electron chi connectivity index (χ0n) is 6.75. The first-order valence-electron chi connectivity index (χ1n) is 3.63. The largest absolute Gasteiger partial charge is 0.327 e. The second kappa shape index (κ2) is 3.81. The molecule has 12 heavy (non-hydrogen) atoms. The van der Waals surface area contributed by atoms with Crippen molar-refractivity contribution in [1.29, 1.82) is 0 Å². The first kappa shape index (κ1) is 8.65. The monoisotopic (exact) mass is 164 g/mol. The van der Waals surface area contributed by atoms with E-state index in [1.807, 2.05) is 30.3 Å². The maximum Gasteiger partial charge on any atom is 0.327 e. The standard InChI is InChI=1S/C10H9FO/c1-8(10(11)12)7-9-5-3-2-4-6-9/h2-7H,1H3/b8-7+. The van der Waals surface area contributed by atoms with Gasteiger partial charge >= 0.3 is 6.04 Å². The Bertz CT molecular complexity index is 301. The van der Waals surface area contributed by atoms with E-state index in [1.54, 1.807) is 0 Å². The number of allylic oxidation sites excluding steroid dienone is 1. The lowest BCUT2D eigenvalue weighted by atomic mass is 10.1. The SMILES string of the molecule is C/C(=C\c1ccccc1)C(=O)F. The van der Waals surface area contributed by atoms with Gasteiger partial charge in [0.1, 0.15) is 0 Å². The number of hydrogen-bond donors (Lipinski definition) is 0. The lowest BCUT2D eigenvalue weighted by Crippen LogP contribution is -1.88. The fraction of sp³-hybridized carbons (Fsp3) is 0.100. The maximum absolute atomic E-state index is 12.1. The predicted octanol–water partition coefficient (Wildman–Crippen LogP) is 2.59. The van der Waals surface area contributed by atoms with E-state index in [9.17, 15) is 9.18 Å². The van der Waals surface area contributed by atoms with E-state index in [-0.39, 0.29) is 5.57 Å². The molecule has 0 spiro atoms. The van der Waals surface area contributed by atoms with E-state index in [0.717, 1.165) is 5.56 Å². The van der Waals surface area contributed by atoms with E-state index in [1.165, 1.54) is 13.0 Å². The van der Waals surface area contributed by atoms with Gasteiger partial charge in [0.05, 0.1) is 0 Å². The first-order valence-corrected chi connectivity index (χ1v) is 3.63. The van der Waals surface area contributed by atoms with E-state index in [4.69, 9.17) is 0 Å². The van der Waals surface area contributed by atoms with Gasteiger partial charge in [0.2, 0.25) is 0 Å². The maximum atomic E-state index is 12.1. The van der Waals surface area contributed by atoms with Crippen molar-refractivity contribution in [3.63, 3.8) is 0 Å². The minimum absolute atomic E-state index is 0.126. The molecule has 0 bridgehead atoms. The molecule has 0 saturated heterocycles. The van der Waals surface area contributed by atoms with Crippen molar-refractivity contribution < 1.29 is 9.18 Å². The Morgan fingerprint density at radius 1 is 1.33 bits per heavy atom. The fourth-order valence-corrected chi connectivity index (χ4v) is 0.856. The lowest BCUT2D eigenvalue weighted by Gasteiger charge is -1.92. The van der Waals surface area contributed by atoms with Crippen molar-refractivity contribution >= 4 is 12.1 Å². The molecule has 0 aliphatic rings. The van der Waals surface area contributed by atoms with Crippen LogP contribution in [0.1, 0.15) is 12.5 Å². The Morgan fingerprint density at radius 3 is 2.42 bits per heavy atom. The molecule has 2 heteroatoms. The van der Waals surface area contributed by atoms with Gasteiger partial charge in [-0.15, -0.1) is 0 Å². The highest BCUT2D eigenvalue weighted by molar-refractivity contribution is 5.92. The molecule has 0 fully saturated rings. The molecule has 0 amide bonds.